The van der Waals surface area contributed by atoms with Gasteiger partial charge in [-0.1, -0.05) is 24.3 Å². The van der Waals surface area contributed by atoms with Gasteiger partial charge < -0.3 is 24.4 Å². The molecule has 1 N–H and O–H groups in total. The van der Waals surface area contributed by atoms with Crippen molar-refractivity contribution in [1.29, 1.82) is 0 Å². The van der Waals surface area contributed by atoms with Gasteiger partial charge in [-0.25, -0.2) is 0 Å². The number of para-hydroxylation sites is 1. The quantitative estimate of drug-likeness (QED) is 0.601. The zero-order valence-corrected chi connectivity index (χ0v) is 17.1. The fraction of sp³-hybridized carbons (Fsp3) is 0.409. The topological polar surface area (TPSA) is 60.0 Å². The third-order valence-corrected chi connectivity index (χ3v) is 4.47. The Labute approximate surface area is 167 Å². The molecule has 0 saturated carbocycles. The lowest BCUT2D eigenvalue weighted by Gasteiger charge is -2.26. The van der Waals surface area contributed by atoms with Crippen LogP contribution in [0.15, 0.2) is 48.5 Å². The summed E-state index contributed by atoms with van der Waals surface area (Å²) in [6, 6.07) is 15.5. The first-order chi connectivity index (χ1) is 13.5. The summed E-state index contributed by atoms with van der Waals surface area (Å²) in [6.07, 6.45) is 1.10. The van der Waals surface area contributed by atoms with Gasteiger partial charge in [0.1, 0.15) is 5.75 Å². The number of nitrogens with one attached hydrogen (secondary N) is 1. The maximum atomic E-state index is 12.2. The summed E-state index contributed by atoms with van der Waals surface area (Å²) in [5.74, 6) is 2.20. The molecule has 6 nitrogen and oxygen atoms in total. The van der Waals surface area contributed by atoms with Crippen molar-refractivity contribution >= 4 is 5.91 Å². The molecule has 1 amide bonds. The first-order valence-electron chi connectivity index (χ1n) is 9.38. The van der Waals surface area contributed by atoms with Gasteiger partial charge >= 0.3 is 0 Å². The second kappa shape index (κ2) is 11.2. The van der Waals surface area contributed by atoms with E-state index in [0.29, 0.717) is 37.5 Å². The fourth-order valence-corrected chi connectivity index (χ4v) is 2.90. The van der Waals surface area contributed by atoms with Crippen molar-refractivity contribution in [3.05, 3.63) is 54.1 Å². The lowest BCUT2D eigenvalue weighted by molar-refractivity contribution is -0.121. The molecule has 1 atom stereocenters. The van der Waals surface area contributed by atoms with E-state index in [-0.39, 0.29) is 11.9 Å². The van der Waals surface area contributed by atoms with Crippen LogP contribution >= 0.6 is 0 Å². The van der Waals surface area contributed by atoms with Crippen LogP contribution in [-0.4, -0.2) is 52.3 Å². The molecule has 152 valence electrons. The van der Waals surface area contributed by atoms with Crippen LogP contribution < -0.4 is 19.5 Å². The Bertz CT molecular complexity index is 735. The Morgan fingerprint density at radius 2 is 1.75 bits per heavy atom. The van der Waals surface area contributed by atoms with Crippen LogP contribution in [0.2, 0.25) is 0 Å². The van der Waals surface area contributed by atoms with Gasteiger partial charge in [0.25, 0.3) is 0 Å². The Morgan fingerprint density at radius 3 is 2.39 bits per heavy atom. The van der Waals surface area contributed by atoms with E-state index < -0.39 is 0 Å². The van der Waals surface area contributed by atoms with Gasteiger partial charge in [-0.2, -0.15) is 0 Å². The van der Waals surface area contributed by atoms with E-state index in [1.54, 1.807) is 14.2 Å². The van der Waals surface area contributed by atoms with Gasteiger partial charge in [0.2, 0.25) is 5.91 Å². The summed E-state index contributed by atoms with van der Waals surface area (Å²) in [5.41, 5.74) is 1.05. The molecule has 6 heteroatoms. The molecule has 2 aromatic rings. The van der Waals surface area contributed by atoms with E-state index in [1.807, 2.05) is 62.6 Å². The number of ether oxygens (including phenoxy) is 3. The van der Waals surface area contributed by atoms with Crippen LogP contribution in [0.4, 0.5) is 0 Å². The smallest absolute Gasteiger partial charge is 0.220 e. The predicted octanol–water partition coefficient (Wildman–Crippen LogP) is 3.28. The second-order valence-electron chi connectivity index (χ2n) is 6.66. The molecule has 0 aliphatic heterocycles. The van der Waals surface area contributed by atoms with Crippen LogP contribution in [0.3, 0.4) is 0 Å². The minimum absolute atomic E-state index is 0.0176. The fourth-order valence-electron chi connectivity index (χ4n) is 2.90. The molecule has 0 aliphatic rings. The van der Waals surface area contributed by atoms with Crippen molar-refractivity contribution in [3.8, 4) is 17.2 Å². The van der Waals surface area contributed by atoms with Gasteiger partial charge in [-0.3, -0.25) is 4.79 Å². The molecule has 1 unspecified atom stereocenters. The van der Waals surface area contributed by atoms with Crippen molar-refractivity contribution in [2.45, 2.75) is 18.9 Å². The number of benzene rings is 2. The summed E-state index contributed by atoms with van der Waals surface area (Å²) in [4.78, 5) is 14.3. The van der Waals surface area contributed by atoms with Gasteiger partial charge in [-0.15, -0.1) is 0 Å². The molecule has 2 aromatic carbocycles. The van der Waals surface area contributed by atoms with Crippen molar-refractivity contribution in [3.63, 3.8) is 0 Å². The highest BCUT2D eigenvalue weighted by Crippen LogP contribution is 2.31. The van der Waals surface area contributed by atoms with Crippen LogP contribution in [0.1, 0.15) is 24.4 Å². The van der Waals surface area contributed by atoms with Gasteiger partial charge in [-0.05, 0) is 50.3 Å². The minimum Gasteiger partial charge on any atom is -0.494 e. The number of carbonyl (C=O) groups is 1. The Hall–Kier alpha value is -2.73. The van der Waals surface area contributed by atoms with Gasteiger partial charge in [0, 0.05) is 13.0 Å². The molecule has 2 rings (SSSR count). The molecular weight excluding hydrogens is 356 g/mol. The van der Waals surface area contributed by atoms with E-state index >= 15 is 0 Å². The number of carbonyl (C=O) groups excluding carboxylic acids is 1. The maximum absolute atomic E-state index is 12.2. The second-order valence-corrected chi connectivity index (χ2v) is 6.66. The number of hydrogen-bond donors (Lipinski definition) is 1. The SMILES string of the molecule is COc1ccc(C(CNC(=O)CCCOc2ccccc2)N(C)C)cc1OC. The third-order valence-electron chi connectivity index (χ3n) is 4.47. The van der Waals surface area contributed by atoms with E-state index in [2.05, 4.69) is 10.2 Å². The first-order valence-corrected chi connectivity index (χ1v) is 9.38. The summed E-state index contributed by atoms with van der Waals surface area (Å²) < 4.78 is 16.3. The standard InChI is InChI=1S/C22H30N2O4/c1-24(2)19(17-12-13-20(26-3)21(15-17)27-4)16-23-22(25)11-8-14-28-18-9-6-5-7-10-18/h5-7,9-10,12-13,15,19H,8,11,14,16H2,1-4H3,(H,23,25). The van der Waals surface area contributed by atoms with Crippen LogP contribution in [0.25, 0.3) is 0 Å². The normalized spacial score (nSPS) is 11.8. The predicted molar refractivity (Wildman–Crippen MR) is 110 cm³/mol. The van der Waals surface area contributed by atoms with Crippen LogP contribution in [0.5, 0.6) is 17.2 Å². The Kier molecular flexibility index (Phi) is 8.62. The van der Waals surface area contributed by atoms with Gasteiger partial charge in [0.15, 0.2) is 11.5 Å². The lowest BCUT2D eigenvalue weighted by atomic mass is 10.0. The average Bonchev–Trinajstić information content (AvgIpc) is 2.71. The van der Waals surface area contributed by atoms with Crippen molar-refractivity contribution in [1.82, 2.24) is 10.2 Å². The molecule has 0 saturated heterocycles. The number of amides is 1. The molecule has 0 spiro atoms. The molecule has 0 radical (unpaired) electrons. The molecule has 0 aliphatic carbocycles. The Balaban J connectivity index is 1.83. The van der Waals surface area contributed by atoms with Crippen LogP contribution in [0, 0.1) is 0 Å². The molecule has 28 heavy (non-hydrogen) atoms. The van der Waals surface area contributed by atoms with Crippen molar-refractivity contribution < 1.29 is 19.0 Å². The maximum Gasteiger partial charge on any atom is 0.220 e. The van der Waals surface area contributed by atoms with E-state index in [0.717, 1.165) is 11.3 Å². The number of nitrogens with zero attached hydrogens (tertiary/aromatic N) is 1. The zero-order valence-electron chi connectivity index (χ0n) is 17.1. The number of likely N-dealkylation sites (N-methyl/N-ethyl adjacent to an activating group) is 1. The first kappa shape index (κ1) is 21.6. The van der Waals surface area contributed by atoms with E-state index in [4.69, 9.17) is 14.2 Å². The molecular formula is C22H30N2O4. The summed E-state index contributed by atoms with van der Waals surface area (Å²) >= 11 is 0. The monoisotopic (exact) mass is 386 g/mol. The highest BCUT2D eigenvalue weighted by Gasteiger charge is 2.17. The number of rotatable bonds is 11. The third kappa shape index (κ3) is 6.46. The molecule has 0 aromatic heterocycles. The Morgan fingerprint density at radius 1 is 1.04 bits per heavy atom. The van der Waals surface area contributed by atoms with Crippen LogP contribution in [-0.2, 0) is 4.79 Å². The van der Waals surface area contributed by atoms with Crippen molar-refractivity contribution in [2.24, 2.45) is 0 Å². The number of methoxy groups -OCH3 is 2. The lowest BCUT2D eigenvalue weighted by Crippen LogP contribution is -2.34. The zero-order chi connectivity index (χ0) is 20.4. The molecule has 0 bridgehead atoms. The van der Waals surface area contributed by atoms with E-state index in [1.165, 1.54) is 0 Å². The van der Waals surface area contributed by atoms with E-state index in [9.17, 15) is 4.79 Å². The molecule has 0 fully saturated rings. The van der Waals surface area contributed by atoms with Gasteiger partial charge in [0.05, 0.1) is 26.9 Å². The average molecular weight is 386 g/mol. The highest BCUT2D eigenvalue weighted by atomic mass is 16.5. The number of hydrogen-bond acceptors (Lipinski definition) is 5. The minimum atomic E-state index is 0.0176. The summed E-state index contributed by atoms with van der Waals surface area (Å²) in [7, 11) is 7.21. The van der Waals surface area contributed by atoms with Crippen molar-refractivity contribution in [2.75, 3.05) is 41.5 Å². The summed E-state index contributed by atoms with van der Waals surface area (Å²) in [6.45, 7) is 1.03. The summed E-state index contributed by atoms with van der Waals surface area (Å²) in [5, 5.41) is 3.02. The largest absolute Gasteiger partial charge is 0.494 e. The highest BCUT2D eigenvalue weighted by molar-refractivity contribution is 5.75. The molecule has 0 heterocycles.